The fraction of sp³-hybridized carbons (Fsp3) is 0.458. The summed E-state index contributed by atoms with van der Waals surface area (Å²) in [7, 11) is 0. The van der Waals surface area contributed by atoms with Crippen molar-refractivity contribution >= 4 is 17.2 Å². The number of nitrogens with zero attached hydrogens (tertiary/aromatic N) is 5. The van der Waals surface area contributed by atoms with Crippen LogP contribution in [0.15, 0.2) is 42.7 Å². The van der Waals surface area contributed by atoms with Gasteiger partial charge in [-0.1, -0.05) is 12.5 Å². The van der Waals surface area contributed by atoms with Crippen LogP contribution >= 0.6 is 0 Å². The molecule has 3 fully saturated rings. The van der Waals surface area contributed by atoms with Crippen LogP contribution in [0.5, 0.6) is 0 Å². The molecule has 3 aromatic rings. The molecule has 1 amide bonds. The van der Waals surface area contributed by atoms with Crippen molar-refractivity contribution < 1.29 is 4.79 Å². The van der Waals surface area contributed by atoms with Gasteiger partial charge in [-0.3, -0.25) is 4.79 Å². The second kappa shape index (κ2) is 6.83. The maximum atomic E-state index is 13.0. The molecule has 6 nitrogen and oxygen atoms in total. The van der Waals surface area contributed by atoms with Crippen LogP contribution in [0.4, 0.5) is 5.82 Å². The van der Waals surface area contributed by atoms with Gasteiger partial charge in [0.15, 0.2) is 0 Å². The van der Waals surface area contributed by atoms with Gasteiger partial charge in [0.05, 0.1) is 23.0 Å². The van der Waals surface area contributed by atoms with Gasteiger partial charge in [0, 0.05) is 43.4 Å². The highest BCUT2D eigenvalue weighted by Crippen LogP contribution is 2.49. The minimum Gasteiger partial charge on any atom is -0.355 e. The lowest BCUT2D eigenvalue weighted by Crippen LogP contribution is -2.60. The van der Waals surface area contributed by atoms with Crippen molar-refractivity contribution in [3.63, 3.8) is 0 Å². The van der Waals surface area contributed by atoms with Crippen LogP contribution in [0, 0.1) is 5.41 Å². The van der Waals surface area contributed by atoms with E-state index in [1.807, 2.05) is 33.8 Å². The topological polar surface area (TPSA) is 53.7 Å². The zero-order valence-corrected chi connectivity index (χ0v) is 17.3. The number of hydrogen-bond acceptors (Lipinski definition) is 4. The Balaban J connectivity index is 1.27. The Kier molecular flexibility index (Phi) is 4.08. The number of hydrogen-bond donors (Lipinski definition) is 0. The summed E-state index contributed by atoms with van der Waals surface area (Å²) in [6, 6.07) is 10.3. The first-order chi connectivity index (χ1) is 14.7. The molecule has 2 aliphatic heterocycles. The third kappa shape index (κ3) is 2.81. The summed E-state index contributed by atoms with van der Waals surface area (Å²) >= 11 is 0. The number of carbonyl (C=O) groups is 1. The Morgan fingerprint density at radius 2 is 1.77 bits per heavy atom. The van der Waals surface area contributed by atoms with Crippen molar-refractivity contribution in [3.05, 3.63) is 48.3 Å². The average Bonchev–Trinajstić information content (AvgIpc) is 3.17. The fourth-order valence-corrected chi connectivity index (χ4v) is 5.30. The minimum absolute atomic E-state index is 0.0954. The van der Waals surface area contributed by atoms with Crippen molar-refractivity contribution in [3.8, 4) is 11.3 Å². The lowest BCUT2D eigenvalue weighted by Gasteiger charge is -2.56. The van der Waals surface area contributed by atoms with E-state index >= 15 is 0 Å². The first-order valence-corrected chi connectivity index (χ1v) is 11.2. The number of carbonyl (C=O) groups excluding carboxylic acids is 1. The van der Waals surface area contributed by atoms with Crippen LogP contribution < -0.4 is 4.90 Å². The van der Waals surface area contributed by atoms with Crippen LogP contribution in [0.3, 0.4) is 0 Å². The molecule has 154 valence electrons. The molecule has 1 spiro atoms. The third-order valence-corrected chi connectivity index (χ3v) is 7.25. The number of amides is 1. The van der Waals surface area contributed by atoms with Gasteiger partial charge >= 0.3 is 0 Å². The molecule has 1 saturated carbocycles. The van der Waals surface area contributed by atoms with Gasteiger partial charge in [-0.25, -0.2) is 9.50 Å². The van der Waals surface area contributed by atoms with E-state index in [1.165, 1.54) is 25.7 Å². The normalized spacial score (nSPS) is 20.3. The summed E-state index contributed by atoms with van der Waals surface area (Å²) in [5.74, 6) is 1.16. The van der Waals surface area contributed by atoms with Crippen LogP contribution in [0.25, 0.3) is 16.8 Å². The van der Waals surface area contributed by atoms with Gasteiger partial charge in [0.25, 0.3) is 5.91 Å². The standard InChI is InChI=1S/C24H27N5O/c30-23(27-12-2-1-3-13-27)19-15-26-29-20(6-4-7-21(19)29)18-8-9-22(25-14-18)28-16-24(17-28)10-5-11-24/h4,6-9,14-15H,1-3,5,10-13,16-17H2. The summed E-state index contributed by atoms with van der Waals surface area (Å²) in [5, 5.41) is 4.56. The van der Waals surface area contributed by atoms with E-state index in [0.29, 0.717) is 11.0 Å². The summed E-state index contributed by atoms with van der Waals surface area (Å²) in [6.07, 6.45) is 11.2. The number of rotatable bonds is 3. The molecule has 1 aliphatic carbocycles. The van der Waals surface area contributed by atoms with Crippen LogP contribution in [0.1, 0.15) is 48.9 Å². The summed E-state index contributed by atoms with van der Waals surface area (Å²) in [6.45, 7) is 3.99. The summed E-state index contributed by atoms with van der Waals surface area (Å²) in [4.78, 5) is 22.1. The molecule has 3 aliphatic rings. The van der Waals surface area contributed by atoms with Crippen molar-refractivity contribution in [2.75, 3.05) is 31.1 Å². The Labute approximate surface area is 176 Å². The van der Waals surface area contributed by atoms with Gasteiger partial charge < -0.3 is 9.80 Å². The monoisotopic (exact) mass is 401 g/mol. The van der Waals surface area contributed by atoms with Crippen molar-refractivity contribution in [2.24, 2.45) is 5.41 Å². The molecule has 2 saturated heterocycles. The zero-order valence-electron chi connectivity index (χ0n) is 17.3. The largest absolute Gasteiger partial charge is 0.355 e. The first kappa shape index (κ1) is 17.9. The predicted octanol–water partition coefficient (Wildman–Crippen LogP) is 4.01. The number of likely N-dealkylation sites (tertiary alicyclic amines) is 1. The van der Waals surface area contributed by atoms with E-state index in [1.54, 1.807) is 6.20 Å². The predicted molar refractivity (Wildman–Crippen MR) is 117 cm³/mol. The van der Waals surface area contributed by atoms with Gasteiger partial charge in [-0.05, 0) is 56.4 Å². The number of aromatic nitrogens is 3. The van der Waals surface area contributed by atoms with Crippen LogP contribution in [-0.4, -0.2) is 51.6 Å². The average molecular weight is 402 g/mol. The molecule has 0 aromatic carbocycles. The quantitative estimate of drug-likeness (QED) is 0.665. The molecule has 0 radical (unpaired) electrons. The molecule has 0 unspecified atom stereocenters. The lowest BCUT2D eigenvalue weighted by molar-refractivity contribution is 0.0726. The third-order valence-electron chi connectivity index (χ3n) is 7.25. The Hall–Kier alpha value is -2.89. The number of piperidine rings is 1. The lowest BCUT2D eigenvalue weighted by atomic mass is 9.63. The SMILES string of the molecule is O=C(c1cnn2c(-c3ccc(N4CC5(CCC5)C4)nc3)cccc12)N1CCCCC1. The number of fused-ring (bicyclic) bond motifs is 1. The van der Waals surface area contributed by atoms with E-state index in [-0.39, 0.29) is 5.91 Å². The second-order valence-corrected chi connectivity index (χ2v) is 9.23. The summed E-state index contributed by atoms with van der Waals surface area (Å²) < 4.78 is 1.88. The summed E-state index contributed by atoms with van der Waals surface area (Å²) in [5.41, 5.74) is 4.13. The zero-order chi connectivity index (χ0) is 20.1. The van der Waals surface area contributed by atoms with Crippen molar-refractivity contribution in [2.45, 2.75) is 38.5 Å². The van der Waals surface area contributed by atoms with Crippen molar-refractivity contribution in [1.29, 1.82) is 0 Å². The minimum atomic E-state index is 0.0954. The molecule has 0 atom stereocenters. The highest BCUT2D eigenvalue weighted by molar-refractivity contribution is 6.01. The van der Waals surface area contributed by atoms with E-state index in [0.717, 1.165) is 61.6 Å². The van der Waals surface area contributed by atoms with E-state index < -0.39 is 0 Å². The molecular formula is C24H27N5O. The molecule has 0 N–H and O–H groups in total. The molecule has 0 bridgehead atoms. The highest BCUT2D eigenvalue weighted by Gasteiger charge is 2.47. The van der Waals surface area contributed by atoms with Crippen LogP contribution in [0.2, 0.25) is 0 Å². The van der Waals surface area contributed by atoms with E-state index in [9.17, 15) is 4.79 Å². The molecule has 5 heterocycles. The molecule has 30 heavy (non-hydrogen) atoms. The Bertz CT molecular complexity index is 1080. The fourth-order valence-electron chi connectivity index (χ4n) is 5.30. The first-order valence-electron chi connectivity index (χ1n) is 11.2. The van der Waals surface area contributed by atoms with Gasteiger partial charge in [-0.2, -0.15) is 5.10 Å². The maximum Gasteiger partial charge on any atom is 0.257 e. The van der Waals surface area contributed by atoms with Gasteiger partial charge in [0.2, 0.25) is 0 Å². The molecular weight excluding hydrogens is 374 g/mol. The van der Waals surface area contributed by atoms with Crippen LogP contribution in [-0.2, 0) is 0 Å². The Morgan fingerprint density at radius 3 is 2.47 bits per heavy atom. The number of anilines is 1. The van der Waals surface area contributed by atoms with Crippen molar-refractivity contribution in [1.82, 2.24) is 19.5 Å². The smallest absolute Gasteiger partial charge is 0.257 e. The van der Waals surface area contributed by atoms with E-state index in [4.69, 9.17) is 4.98 Å². The Morgan fingerprint density at radius 1 is 0.933 bits per heavy atom. The van der Waals surface area contributed by atoms with Gasteiger partial charge in [0.1, 0.15) is 5.82 Å². The van der Waals surface area contributed by atoms with E-state index in [2.05, 4.69) is 22.1 Å². The molecule has 6 heteroatoms. The molecule has 6 rings (SSSR count). The maximum absolute atomic E-state index is 13.0. The number of pyridine rings is 2. The molecule has 3 aromatic heterocycles. The second-order valence-electron chi connectivity index (χ2n) is 9.23. The van der Waals surface area contributed by atoms with Gasteiger partial charge in [-0.15, -0.1) is 0 Å². The highest BCUT2D eigenvalue weighted by atomic mass is 16.2.